The molecule has 4 atom stereocenters. The van der Waals surface area contributed by atoms with Gasteiger partial charge in [0.25, 0.3) is 5.91 Å². The van der Waals surface area contributed by atoms with Crippen molar-refractivity contribution in [3.8, 4) is 0 Å². The van der Waals surface area contributed by atoms with E-state index in [4.69, 9.17) is 0 Å². The third-order valence-electron chi connectivity index (χ3n) is 7.04. The summed E-state index contributed by atoms with van der Waals surface area (Å²) in [5.74, 6) is 1.41. The van der Waals surface area contributed by atoms with Crippen LogP contribution < -0.4 is 0 Å². The largest absolute Gasteiger partial charge is 0.338 e. The van der Waals surface area contributed by atoms with Crippen molar-refractivity contribution in [2.45, 2.75) is 44.2 Å². The number of fused-ring (bicyclic) bond motifs is 4. The van der Waals surface area contributed by atoms with Gasteiger partial charge in [-0.05, 0) is 55.2 Å². The molecule has 146 valence electrons. The molecule has 0 saturated carbocycles. The van der Waals surface area contributed by atoms with E-state index in [1.807, 2.05) is 12.1 Å². The molecule has 4 heterocycles. The van der Waals surface area contributed by atoms with Crippen molar-refractivity contribution in [1.82, 2.24) is 14.8 Å². The highest BCUT2D eigenvalue weighted by Crippen LogP contribution is 2.40. The van der Waals surface area contributed by atoms with E-state index in [1.54, 1.807) is 12.4 Å². The summed E-state index contributed by atoms with van der Waals surface area (Å²) >= 11 is 0. The van der Waals surface area contributed by atoms with Gasteiger partial charge >= 0.3 is 0 Å². The van der Waals surface area contributed by atoms with E-state index in [1.165, 1.54) is 31.2 Å². The van der Waals surface area contributed by atoms with Crippen molar-refractivity contribution in [3.05, 3.63) is 66.0 Å². The summed E-state index contributed by atoms with van der Waals surface area (Å²) in [6.07, 6.45) is 9.81. The summed E-state index contributed by atoms with van der Waals surface area (Å²) < 4.78 is 0. The van der Waals surface area contributed by atoms with Crippen molar-refractivity contribution in [1.29, 1.82) is 0 Å². The highest BCUT2D eigenvalue weighted by atomic mass is 16.2. The number of amides is 1. The van der Waals surface area contributed by atoms with E-state index in [2.05, 4.69) is 45.1 Å². The topological polar surface area (TPSA) is 36.4 Å². The van der Waals surface area contributed by atoms with Crippen LogP contribution in [0.1, 0.15) is 41.6 Å². The van der Waals surface area contributed by atoms with E-state index >= 15 is 0 Å². The third-order valence-corrected chi connectivity index (χ3v) is 7.04. The molecular weight excluding hydrogens is 346 g/mol. The zero-order valence-electron chi connectivity index (χ0n) is 16.4. The smallest absolute Gasteiger partial charge is 0.253 e. The SMILES string of the molecule is O=C(c1ccncc1)N1C[C@@H]2C[C@H](C1)[C@@H]1CCC[C@H](Cc3ccccc3)N1C2. The van der Waals surface area contributed by atoms with Gasteiger partial charge in [0.2, 0.25) is 0 Å². The van der Waals surface area contributed by atoms with Gasteiger partial charge in [-0.15, -0.1) is 0 Å². The van der Waals surface area contributed by atoms with Crippen LogP contribution in [0.3, 0.4) is 0 Å². The lowest BCUT2D eigenvalue weighted by molar-refractivity contribution is -0.0498. The number of nitrogens with zero attached hydrogens (tertiary/aromatic N) is 3. The molecule has 3 aliphatic heterocycles. The standard InChI is InChI=1S/C24H29N3O/c28-24(20-9-11-25-12-10-20)26-15-19-13-21(17-26)23-8-4-7-22(27(23)16-19)14-18-5-2-1-3-6-18/h1-3,5-6,9-12,19,21-23H,4,7-8,13-17H2/t19-,21+,22+,23-/m0/s1. The molecule has 5 rings (SSSR count). The molecule has 28 heavy (non-hydrogen) atoms. The number of carbonyl (C=O) groups is 1. The van der Waals surface area contributed by atoms with E-state index in [-0.39, 0.29) is 5.91 Å². The van der Waals surface area contributed by atoms with Crippen LogP contribution in [-0.4, -0.2) is 52.4 Å². The van der Waals surface area contributed by atoms with E-state index < -0.39 is 0 Å². The Kier molecular flexibility index (Phi) is 4.89. The van der Waals surface area contributed by atoms with Gasteiger partial charge in [-0.25, -0.2) is 0 Å². The van der Waals surface area contributed by atoms with Crippen LogP contribution in [0.2, 0.25) is 0 Å². The van der Waals surface area contributed by atoms with Crippen LogP contribution in [-0.2, 0) is 6.42 Å². The fraction of sp³-hybridized carbons (Fsp3) is 0.500. The number of carbonyl (C=O) groups excluding carboxylic acids is 1. The van der Waals surface area contributed by atoms with Crippen LogP contribution in [0.5, 0.6) is 0 Å². The number of rotatable bonds is 3. The Labute approximate surface area is 167 Å². The number of pyridine rings is 1. The fourth-order valence-electron chi connectivity index (χ4n) is 5.86. The lowest BCUT2D eigenvalue weighted by Gasteiger charge is -2.55. The normalized spacial score (nSPS) is 29.9. The first-order valence-electron chi connectivity index (χ1n) is 10.8. The molecular formula is C24H29N3O. The molecule has 4 heteroatoms. The number of piperidine rings is 3. The summed E-state index contributed by atoms with van der Waals surface area (Å²) in [6.45, 7) is 2.97. The van der Waals surface area contributed by atoms with Crippen LogP contribution in [0.25, 0.3) is 0 Å². The lowest BCUT2D eigenvalue weighted by atomic mass is 9.74. The zero-order chi connectivity index (χ0) is 18.9. The van der Waals surface area contributed by atoms with Crippen molar-refractivity contribution in [3.63, 3.8) is 0 Å². The number of hydrogen-bond acceptors (Lipinski definition) is 3. The average molecular weight is 376 g/mol. The van der Waals surface area contributed by atoms with Gasteiger partial charge in [-0.3, -0.25) is 14.7 Å². The predicted molar refractivity (Wildman–Crippen MR) is 110 cm³/mol. The minimum atomic E-state index is 0.183. The summed E-state index contributed by atoms with van der Waals surface area (Å²) in [7, 11) is 0. The summed E-state index contributed by atoms with van der Waals surface area (Å²) in [4.78, 5) is 22.0. The third kappa shape index (κ3) is 3.46. The second-order valence-corrected chi connectivity index (χ2v) is 8.85. The fourth-order valence-corrected chi connectivity index (χ4v) is 5.86. The molecule has 0 radical (unpaired) electrons. The second kappa shape index (κ2) is 7.67. The molecule has 1 aromatic carbocycles. The summed E-state index contributed by atoms with van der Waals surface area (Å²) in [5.41, 5.74) is 2.23. The Hall–Kier alpha value is -2.20. The number of aromatic nitrogens is 1. The second-order valence-electron chi connectivity index (χ2n) is 8.85. The lowest BCUT2D eigenvalue weighted by Crippen LogP contribution is -2.62. The monoisotopic (exact) mass is 375 g/mol. The zero-order valence-corrected chi connectivity index (χ0v) is 16.4. The van der Waals surface area contributed by atoms with Crippen molar-refractivity contribution < 1.29 is 4.79 Å². The molecule has 2 bridgehead atoms. The molecule has 0 aliphatic carbocycles. The molecule has 3 aliphatic rings. The molecule has 4 nitrogen and oxygen atoms in total. The molecule has 0 unspecified atom stereocenters. The number of hydrogen-bond donors (Lipinski definition) is 0. The van der Waals surface area contributed by atoms with Crippen LogP contribution >= 0.6 is 0 Å². The molecule has 1 amide bonds. The molecule has 3 fully saturated rings. The Morgan fingerprint density at radius 1 is 1.00 bits per heavy atom. The van der Waals surface area contributed by atoms with E-state index in [0.717, 1.165) is 31.6 Å². The number of benzene rings is 1. The first-order chi connectivity index (χ1) is 13.8. The van der Waals surface area contributed by atoms with Gasteiger partial charge in [0, 0.05) is 49.7 Å². The van der Waals surface area contributed by atoms with E-state index in [9.17, 15) is 4.79 Å². The molecule has 0 N–H and O–H groups in total. The van der Waals surface area contributed by atoms with Gasteiger partial charge in [-0.1, -0.05) is 36.8 Å². The maximum Gasteiger partial charge on any atom is 0.253 e. The van der Waals surface area contributed by atoms with Crippen LogP contribution in [0.4, 0.5) is 0 Å². The van der Waals surface area contributed by atoms with Gasteiger partial charge in [0.05, 0.1) is 0 Å². The Balaban J connectivity index is 1.31. The summed E-state index contributed by atoms with van der Waals surface area (Å²) in [6, 6.07) is 15.9. The molecule has 0 spiro atoms. The minimum Gasteiger partial charge on any atom is -0.338 e. The Bertz CT molecular complexity index is 809. The Morgan fingerprint density at radius 2 is 1.82 bits per heavy atom. The average Bonchev–Trinajstić information content (AvgIpc) is 2.75. The minimum absolute atomic E-state index is 0.183. The number of likely N-dealkylation sites (tertiary alicyclic amines) is 1. The Morgan fingerprint density at radius 3 is 2.64 bits per heavy atom. The first-order valence-corrected chi connectivity index (χ1v) is 10.8. The van der Waals surface area contributed by atoms with Crippen LogP contribution in [0, 0.1) is 11.8 Å². The van der Waals surface area contributed by atoms with Crippen molar-refractivity contribution in [2.75, 3.05) is 19.6 Å². The predicted octanol–water partition coefficient (Wildman–Crippen LogP) is 3.64. The maximum atomic E-state index is 13.0. The summed E-state index contributed by atoms with van der Waals surface area (Å²) in [5, 5.41) is 0. The molecule has 3 saturated heterocycles. The van der Waals surface area contributed by atoms with E-state index in [0.29, 0.717) is 23.9 Å². The van der Waals surface area contributed by atoms with Gasteiger partial charge in [-0.2, -0.15) is 0 Å². The van der Waals surface area contributed by atoms with Gasteiger partial charge in [0.1, 0.15) is 0 Å². The quantitative estimate of drug-likeness (QED) is 0.822. The van der Waals surface area contributed by atoms with Crippen molar-refractivity contribution in [2.24, 2.45) is 11.8 Å². The van der Waals surface area contributed by atoms with Crippen LogP contribution in [0.15, 0.2) is 54.9 Å². The molecule has 1 aromatic heterocycles. The van der Waals surface area contributed by atoms with Gasteiger partial charge in [0.15, 0.2) is 0 Å². The highest BCUT2D eigenvalue weighted by molar-refractivity contribution is 5.94. The molecule has 2 aromatic rings. The maximum absolute atomic E-state index is 13.0. The van der Waals surface area contributed by atoms with Crippen molar-refractivity contribution >= 4 is 5.91 Å². The highest BCUT2D eigenvalue weighted by Gasteiger charge is 2.45. The van der Waals surface area contributed by atoms with Gasteiger partial charge < -0.3 is 4.90 Å². The first kappa shape index (κ1) is 17.9.